The summed E-state index contributed by atoms with van der Waals surface area (Å²) < 4.78 is 39.7. The third kappa shape index (κ3) is 3.85. The van der Waals surface area contributed by atoms with Crippen molar-refractivity contribution in [1.82, 2.24) is 9.97 Å². The quantitative estimate of drug-likeness (QED) is 0.466. The van der Waals surface area contributed by atoms with Gasteiger partial charge in [0.15, 0.2) is 5.16 Å². The molecule has 1 aliphatic heterocycles. The number of hydrogen-bond acceptors (Lipinski definition) is 6. The van der Waals surface area contributed by atoms with Crippen molar-refractivity contribution in [2.24, 2.45) is 0 Å². The number of thioether (sulfide) groups is 1. The zero-order valence-electron chi connectivity index (χ0n) is 15.5. The number of hydrogen-bond donors (Lipinski definition) is 1. The fraction of sp³-hybridized carbons (Fsp3) is 0.105. The van der Waals surface area contributed by atoms with Gasteiger partial charge in [-0.2, -0.15) is 0 Å². The summed E-state index contributed by atoms with van der Waals surface area (Å²) in [6.07, 6.45) is 1.24. The first-order chi connectivity index (χ1) is 14.3. The van der Waals surface area contributed by atoms with Gasteiger partial charge in [0.1, 0.15) is 10.7 Å². The van der Waals surface area contributed by atoms with Crippen molar-refractivity contribution in [1.29, 1.82) is 0 Å². The molecule has 0 atom stereocenters. The number of rotatable bonds is 4. The van der Waals surface area contributed by atoms with Crippen molar-refractivity contribution in [2.75, 3.05) is 22.4 Å². The van der Waals surface area contributed by atoms with Gasteiger partial charge in [-0.05, 0) is 42.5 Å². The molecular weight excluding hydrogens is 451 g/mol. The Balaban J connectivity index is 1.58. The maximum absolute atomic E-state index is 13.0. The van der Waals surface area contributed by atoms with Crippen molar-refractivity contribution in [2.45, 2.75) is 10.1 Å². The maximum atomic E-state index is 13.0. The minimum absolute atomic E-state index is 0.00368. The summed E-state index contributed by atoms with van der Waals surface area (Å²) in [4.78, 5) is 20.6. The van der Waals surface area contributed by atoms with E-state index in [1.54, 1.807) is 18.2 Å². The average Bonchev–Trinajstić information content (AvgIpc) is 2.72. The predicted molar refractivity (Wildman–Crippen MR) is 114 cm³/mol. The van der Waals surface area contributed by atoms with Gasteiger partial charge in [0.05, 0.1) is 23.3 Å². The van der Waals surface area contributed by atoms with E-state index in [0.29, 0.717) is 22.0 Å². The Kier molecular flexibility index (Phi) is 5.39. The predicted octanol–water partition coefficient (Wildman–Crippen LogP) is 3.81. The number of carbonyl (C=O) groups excluding carboxylic acids is 1. The molecule has 4 rings (SSSR count). The number of aromatic nitrogens is 2. The first-order valence-corrected chi connectivity index (χ1v) is 11.4. The van der Waals surface area contributed by atoms with E-state index in [1.165, 1.54) is 37.5 Å². The van der Waals surface area contributed by atoms with Crippen molar-refractivity contribution >= 4 is 50.7 Å². The third-order valence-electron chi connectivity index (χ3n) is 4.39. The Morgan fingerprint density at radius 2 is 1.97 bits per heavy atom. The van der Waals surface area contributed by atoms with Gasteiger partial charge in [0.2, 0.25) is 5.91 Å². The normalized spacial score (nSPS) is 14.0. The highest BCUT2D eigenvalue weighted by atomic mass is 35.5. The lowest BCUT2D eigenvalue weighted by atomic mass is 10.1. The lowest BCUT2D eigenvalue weighted by Gasteiger charge is -2.28. The maximum Gasteiger partial charge on any atom is 0.267 e. The van der Waals surface area contributed by atoms with Crippen molar-refractivity contribution in [3.63, 3.8) is 0 Å². The van der Waals surface area contributed by atoms with Crippen LogP contribution in [0, 0.1) is 5.82 Å². The zero-order chi connectivity index (χ0) is 21.5. The molecule has 7 nitrogen and oxygen atoms in total. The monoisotopic (exact) mass is 464 g/mol. The number of fused-ring (bicyclic) bond motifs is 3. The highest BCUT2D eigenvalue weighted by Crippen LogP contribution is 2.42. The molecule has 30 heavy (non-hydrogen) atoms. The number of carbonyl (C=O) groups is 1. The number of halogens is 2. The number of sulfonamides is 1. The van der Waals surface area contributed by atoms with Gasteiger partial charge in [-0.15, -0.1) is 0 Å². The van der Waals surface area contributed by atoms with Crippen LogP contribution >= 0.6 is 23.4 Å². The van der Waals surface area contributed by atoms with E-state index in [9.17, 15) is 17.6 Å². The molecule has 1 amide bonds. The van der Waals surface area contributed by atoms with Gasteiger partial charge in [0.25, 0.3) is 10.0 Å². The van der Waals surface area contributed by atoms with Crippen LogP contribution in [0.2, 0.25) is 5.02 Å². The lowest BCUT2D eigenvalue weighted by Crippen LogP contribution is -2.31. The largest absolute Gasteiger partial charge is 0.325 e. The molecule has 0 aliphatic carbocycles. The van der Waals surface area contributed by atoms with Crippen LogP contribution in [0.25, 0.3) is 11.3 Å². The molecule has 154 valence electrons. The van der Waals surface area contributed by atoms with Crippen molar-refractivity contribution in [3.8, 4) is 11.3 Å². The molecule has 1 aliphatic rings. The molecule has 0 bridgehead atoms. The third-order valence-corrected chi connectivity index (χ3v) is 7.25. The number of amides is 1. The summed E-state index contributed by atoms with van der Waals surface area (Å²) in [5.74, 6) is -0.726. The minimum Gasteiger partial charge on any atom is -0.325 e. The SMILES string of the molecule is CN1c2cc(Cl)ccc2-c2nc(SCC(=O)Nc3ccc(F)cc3)ncc2S1(=O)=O. The van der Waals surface area contributed by atoms with Crippen molar-refractivity contribution < 1.29 is 17.6 Å². The topological polar surface area (TPSA) is 92.3 Å². The highest BCUT2D eigenvalue weighted by Gasteiger charge is 2.34. The Bertz CT molecular complexity index is 1250. The summed E-state index contributed by atoms with van der Waals surface area (Å²) in [7, 11) is -2.37. The second kappa shape index (κ2) is 7.86. The van der Waals surface area contributed by atoms with E-state index in [4.69, 9.17) is 11.6 Å². The van der Waals surface area contributed by atoms with Crippen LogP contribution in [0.15, 0.2) is 58.7 Å². The van der Waals surface area contributed by atoms with E-state index in [2.05, 4.69) is 15.3 Å². The standard InChI is InChI=1S/C19H14ClFN4O3S2/c1-25-15-8-11(20)2-7-14(15)18-16(30(25,27)28)9-22-19(24-18)29-10-17(26)23-13-5-3-12(21)4-6-13/h2-9H,10H2,1H3,(H,23,26). The second-order valence-electron chi connectivity index (χ2n) is 6.34. The molecule has 1 aromatic heterocycles. The van der Waals surface area contributed by atoms with E-state index in [0.717, 1.165) is 16.1 Å². The molecule has 0 saturated heterocycles. The summed E-state index contributed by atoms with van der Waals surface area (Å²) in [6.45, 7) is 0. The van der Waals surface area contributed by atoms with Crippen LogP contribution in [-0.2, 0) is 14.8 Å². The first-order valence-electron chi connectivity index (χ1n) is 8.60. The Morgan fingerprint density at radius 3 is 2.70 bits per heavy atom. The number of nitrogens with zero attached hydrogens (tertiary/aromatic N) is 3. The van der Waals surface area contributed by atoms with Gasteiger partial charge >= 0.3 is 0 Å². The Morgan fingerprint density at radius 1 is 1.23 bits per heavy atom. The number of nitrogens with one attached hydrogen (secondary N) is 1. The number of benzene rings is 2. The first kappa shape index (κ1) is 20.6. The van der Waals surface area contributed by atoms with Gasteiger partial charge in [-0.3, -0.25) is 9.10 Å². The van der Waals surface area contributed by atoms with Crippen LogP contribution in [0.3, 0.4) is 0 Å². The van der Waals surface area contributed by atoms with Crippen LogP contribution < -0.4 is 9.62 Å². The summed E-state index contributed by atoms with van der Waals surface area (Å²) >= 11 is 7.09. The molecule has 0 spiro atoms. The minimum atomic E-state index is -3.81. The molecule has 0 saturated carbocycles. The molecule has 0 radical (unpaired) electrons. The smallest absolute Gasteiger partial charge is 0.267 e. The van der Waals surface area contributed by atoms with Gasteiger partial charge < -0.3 is 5.32 Å². The summed E-state index contributed by atoms with van der Waals surface area (Å²) in [5.41, 5.74) is 1.75. The van der Waals surface area contributed by atoms with Gasteiger partial charge in [-0.1, -0.05) is 23.4 Å². The fourth-order valence-corrected chi connectivity index (χ4v) is 4.98. The lowest BCUT2D eigenvalue weighted by molar-refractivity contribution is -0.113. The summed E-state index contributed by atoms with van der Waals surface area (Å²) in [6, 6.07) is 10.3. The molecule has 0 unspecified atom stereocenters. The van der Waals surface area contributed by atoms with E-state index >= 15 is 0 Å². The Hall–Kier alpha value is -2.69. The molecule has 0 fully saturated rings. The molecular formula is C19H14ClFN4O3S2. The molecule has 1 N–H and O–H groups in total. The fourth-order valence-electron chi connectivity index (χ4n) is 2.91. The molecule has 3 aromatic rings. The average molecular weight is 465 g/mol. The molecule has 2 heterocycles. The molecule has 2 aromatic carbocycles. The molecule has 11 heteroatoms. The van der Waals surface area contributed by atoms with Crippen LogP contribution in [-0.4, -0.2) is 37.1 Å². The van der Waals surface area contributed by atoms with E-state index < -0.39 is 15.8 Å². The van der Waals surface area contributed by atoms with Crippen molar-refractivity contribution in [3.05, 3.63) is 59.5 Å². The van der Waals surface area contributed by atoms with E-state index in [1.807, 2.05) is 0 Å². The van der Waals surface area contributed by atoms with Crippen LogP contribution in [0.4, 0.5) is 15.8 Å². The van der Waals surface area contributed by atoms with E-state index in [-0.39, 0.29) is 27.4 Å². The van der Waals surface area contributed by atoms with Crippen LogP contribution in [0.5, 0.6) is 0 Å². The van der Waals surface area contributed by atoms with Gasteiger partial charge in [0, 0.05) is 23.3 Å². The van der Waals surface area contributed by atoms with Crippen LogP contribution in [0.1, 0.15) is 0 Å². The van der Waals surface area contributed by atoms with Gasteiger partial charge in [-0.25, -0.2) is 22.8 Å². The number of anilines is 2. The Labute approximate surface area is 181 Å². The summed E-state index contributed by atoms with van der Waals surface area (Å²) in [5, 5.41) is 3.30. The zero-order valence-corrected chi connectivity index (χ0v) is 17.9. The highest BCUT2D eigenvalue weighted by molar-refractivity contribution is 7.99. The second-order valence-corrected chi connectivity index (χ2v) is 9.66.